The second kappa shape index (κ2) is 7.64. The number of aromatic nitrogens is 2. The van der Waals surface area contributed by atoms with Gasteiger partial charge in [-0.1, -0.05) is 39.9 Å². The van der Waals surface area contributed by atoms with Crippen molar-refractivity contribution >= 4 is 12.2 Å². The molecule has 0 aliphatic heterocycles. The van der Waals surface area contributed by atoms with E-state index in [4.69, 9.17) is 12.2 Å². The van der Waals surface area contributed by atoms with Gasteiger partial charge in [0.1, 0.15) is 10.5 Å². The second-order valence-corrected chi connectivity index (χ2v) is 5.48. The number of nitrogens with zero attached hydrogens (tertiary/aromatic N) is 2. The zero-order valence-electron chi connectivity index (χ0n) is 12.0. The molecule has 0 spiro atoms. The zero-order chi connectivity index (χ0) is 13.5. The molecular formula is C14H25N3S. The Bertz CT molecular complexity index is 408. The Kier molecular flexibility index (Phi) is 6.50. The van der Waals surface area contributed by atoms with Crippen molar-refractivity contribution in [2.24, 2.45) is 5.92 Å². The molecule has 1 rings (SSSR count). The molecule has 0 aliphatic rings. The first-order chi connectivity index (χ1) is 8.55. The van der Waals surface area contributed by atoms with Crippen LogP contribution in [0.5, 0.6) is 0 Å². The first-order valence-electron chi connectivity index (χ1n) is 6.86. The predicted molar refractivity (Wildman–Crippen MR) is 79.5 cm³/mol. The van der Waals surface area contributed by atoms with E-state index in [0.717, 1.165) is 38.3 Å². The first-order valence-corrected chi connectivity index (χ1v) is 7.27. The maximum absolute atomic E-state index is 5.23. The topological polar surface area (TPSA) is 31.9 Å². The molecule has 0 atom stereocenters. The highest BCUT2D eigenvalue weighted by molar-refractivity contribution is 7.71. The van der Waals surface area contributed by atoms with Crippen LogP contribution in [0.15, 0.2) is 6.07 Å². The highest BCUT2D eigenvalue weighted by Gasteiger charge is 2.04. The van der Waals surface area contributed by atoms with Crippen molar-refractivity contribution in [1.29, 1.82) is 0 Å². The maximum Gasteiger partial charge on any atom is 0.129 e. The van der Waals surface area contributed by atoms with Crippen LogP contribution in [0.1, 0.15) is 39.2 Å². The molecule has 1 aromatic rings. The number of nitrogens with one attached hydrogen (secondary N) is 1. The average Bonchev–Trinajstić information content (AvgIpc) is 2.28. The minimum Gasteiger partial charge on any atom is -0.347 e. The van der Waals surface area contributed by atoms with Gasteiger partial charge in [0.05, 0.1) is 0 Å². The summed E-state index contributed by atoms with van der Waals surface area (Å²) in [7, 11) is 0. The molecule has 0 aliphatic carbocycles. The molecule has 0 saturated carbocycles. The van der Waals surface area contributed by atoms with Gasteiger partial charge in [-0.3, -0.25) is 0 Å². The summed E-state index contributed by atoms with van der Waals surface area (Å²) in [6, 6.07) is 1.98. The van der Waals surface area contributed by atoms with Gasteiger partial charge in [0.15, 0.2) is 0 Å². The van der Waals surface area contributed by atoms with Crippen LogP contribution >= 0.6 is 12.2 Å². The van der Waals surface area contributed by atoms with Gasteiger partial charge in [0.25, 0.3) is 0 Å². The normalized spacial score (nSPS) is 11.4. The zero-order valence-corrected chi connectivity index (χ0v) is 12.8. The van der Waals surface area contributed by atoms with E-state index in [0.29, 0.717) is 10.6 Å². The lowest BCUT2D eigenvalue weighted by Crippen LogP contribution is -2.26. The molecule has 1 aromatic heterocycles. The van der Waals surface area contributed by atoms with Crippen molar-refractivity contribution in [1.82, 2.24) is 14.9 Å². The third-order valence-electron chi connectivity index (χ3n) is 3.04. The van der Waals surface area contributed by atoms with E-state index in [1.807, 2.05) is 6.07 Å². The number of aromatic amines is 1. The van der Waals surface area contributed by atoms with Crippen LogP contribution in [0, 0.1) is 10.6 Å². The summed E-state index contributed by atoms with van der Waals surface area (Å²) in [6.07, 6.45) is 1.97. The summed E-state index contributed by atoms with van der Waals surface area (Å²) in [5.74, 6) is 1.65. The first kappa shape index (κ1) is 15.3. The molecule has 4 heteroatoms. The summed E-state index contributed by atoms with van der Waals surface area (Å²) in [4.78, 5) is 10.2. The van der Waals surface area contributed by atoms with Gasteiger partial charge >= 0.3 is 0 Å². The summed E-state index contributed by atoms with van der Waals surface area (Å²) in [5.41, 5.74) is 1.21. The highest BCUT2D eigenvalue weighted by atomic mass is 32.1. The van der Waals surface area contributed by atoms with Gasteiger partial charge < -0.3 is 9.88 Å². The Labute approximate surface area is 116 Å². The van der Waals surface area contributed by atoms with Crippen LogP contribution in [0.25, 0.3) is 0 Å². The lowest BCUT2D eigenvalue weighted by atomic mass is 10.1. The molecule has 0 unspecified atom stereocenters. The highest BCUT2D eigenvalue weighted by Crippen LogP contribution is 2.06. The van der Waals surface area contributed by atoms with Gasteiger partial charge in [-0.2, -0.15) is 0 Å². The molecule has 0 bridgehead atoms. The number of H-pyrrole nitrogens is 1. The lowest BCUT2D eigenvalue weighted by Gasteiger charge is -2.17. The van der Waals surface area contributed by atoms with E-state index in [1.165, 1.54) is 5.69 Å². The summed E-state index contributed by atoms with van der Waals surface area (Å²) >= 11 is 5.23. The minimum absolute atomic E-state index is 0.633. The Hall–Kier alpha value is -0.740. The summed E-state index contributed by atoms with van der Waals surface area (Å²) in [5, 5.41) is 0. The van der Waals surface area contributed by atoms with E-state index in [-0.39, 0.29) is 0 Å². The molecule has 0 amide bonds. The van der Waals surface area contributed by atoms with Gasteiger partial charge in [0.2, 0.25) is 0 Å². The monoisotopic (exact) mass is 267 g/mol. The Morgan fingerprint density at radius 2 is 2.00 bits per heavy atom. The minimum atomic E-state index is 0.633. The molecule has 1 heterocycles. The van der Waals surface area contributed by atoms with Crippen LogP contribution < -0.4 is 0 Å². The molecule has 18 heavy (non-hydrogen) atoms. The standard InChI is InChI=1S/C14H25N3S/c1-5-17(6-2)8-7-13-15-12(9-11(3)4)10-14(18)16-13/h10-11H,5-9H2,1-4H3,(H,15,16,18). The smallest absolute Gasteiger partial charge is 0.129 e. The number of hydrogen-bond donors (Lipinski definition) is 1. The Balaban J connectivity index is 2.70. The molecule has 0 aromatic carbocycles. The van der Waals surface area contributed by atoms with Crippen molar-refractivity contribution in [3.8, 4) is 0 Å². The van der Waals surface area contributed by atoms with Gasteiger partial charge in [-0.15, -0.1) is 0 Å². The van der Waals surface area contributed by atoms with E-state index in [2.05, 4.69) is 42.6 Å². The lowest BCUT2D eigenvalue weighted by molar-refractivity contribution is 0.305. The number of hydrogen-bond acceptors (Lipinski definition) is 3. The van der Waals surface area contributed by atoms with E-state index in [9.17, 15) is 0 Å². The fourth-order valence-corrected chi connectivity index (χ4v) is 2.29. The molecule has 0 radical (unpaired) electrons. The third-order valence-corrected chi connectivity index (χ3v) is 3.24. The van der Waals surface area contributed by atoms with Crippen molar-refractivity contribution in [2.75, 3.05) is 19.6 Å². The maximum atomic E-state index is 5.23. The summed E-state index contributed by atoms with van der Waals surface area (Å²) in [6.45, 7) is 12.0. The van der Waals surface area contributed by atoms with Crippen molar-refractivity contribution in [3.05, 3.63) is 22.2 Å². The Morgan fingerprint density at radius 3 is 2.56 bits per heavy atom. The SMILES string of the molecule is CCN(CC)CCc1nc(=S)cc(CC(C)C)[nH]1. The number of likely N-dealkylation sites (N-methyl/N-ethyl adjacent to an activating group) is 1. The van der Waals surface area contributed by atoms with Crippen molar-refractivity contribution < 1.29 is 0 Å². The molecule has 1 N–H and O–H groups in total. The molecule has 0 saturated heterocycles. The van der Waals surface area contributed by atoms with Crippen LogP contribution in [-0.4, -0.2) is 34.5 Å². The van der Waals surface area contributed by atoms with E-state index < -0.39 is 0 Å². The van der Waals surface area contributed by atoms with Crippen molar-refractivity contribution in [2.45, 2.75) is 40.5 Å². The Morgan fingerprint density at radius 1 is 1.33 bits per heavy atom. The van der Waals surface area contributed by atoms with Crippen LogP contribution in [0.2, 0.25) is 0 Å². The van der Waals surface area contributed by atoms with Gasteiger partial charge in [-0.25, -0.2) is 4.98 Å². The van der Waals surface area contributed by atoms with Crippen LogP contribution in [0.3, 0.4) is 0 Å². The quantitative estimate of drug-likeness (QED) is 0.770. The fraction of sp³-hybridized carbons (Fsp3) is 0.714. The molecule has 0 fully saturated rings. The van der Waals surface area contributed by atoms with E-state index in [1.54, 1.807) is 0 Å². The van der Waals surface area contributed by atoms with Crippen molar-refractivity contribution in [3.63, 3.8) is 0 Å². The second-order valence-electron chi connectivity index (χ2n) is 5.07. The molecule has 3 nitrogen and oxygen atoms in total. The number of rotatable bonds is 7. The third kappa shape index (κ3) is 5.27. The fourth-order valence-electron chi connectivity index (χ4n) is 2.04. The molecular weight excluding hydrogens is 242 g/mol. The average molecular weight is 267 g/mol. The van der Waals surface area contributed by atoms with Crippen LogP contribution in [-0.2, 0) is 12.8 Å². The van der Waals surface area contributed by atoms with Gasteiger partial charge in [0, 0.05) is 18.7 Å². The summed E-state index contributed by atoms with van der Waals surface area (Å²) < 4.78 is 0.707. The largest absolute Gasteiger partial charge is 0.347 e. The predicted octanol–water partition coefficient (Wildman–Crippen LogP) is 3.22. The van der Waals surface area contributed by atoms with Crippen LogP contribution in [0.4, 0.5) is 0 Å². The molecule has 102 valence electrons. The van der Waals surface area contributed by atoms with Gasteiger partial charge in [-0.05, 0) is 31.5 Å². The van der Waals surface area contributed by atoms with E-state index >= 15 is 0 Å².